The molecule has 0 aliphatic carbocycles. The fourth-order valence-corrected chi connectivity index (χ4v) is 4.73. The van der Waals surface area contributed by atoms with Crippen molar-refractivity contribution in [2.24, 2.45) is 0 Å². The van der Waals surface area contributed by atoms with Crippen LogP contribution in [0, 0.1) is 6.92 Å². The number of carbonyl (C=O) groups is 1. The van der Waals surface area contributed by atoms with E-state index in [4.69, 9.17) is 9.47 Å². The third-order valence-electron chi connectivity index (χ3n) is 5.13. The molecule has 1 aliphatic heterocycles. The van der Waals surface area contributed by atoms with Crippen molar-refractivity contribution >= 4 is 21.6 Å². The van der Waals surface area contributed by atoms with Crippen molar-refractivity contribution in [3.63, 3.8) is 0 Å². The molecule has 1 aliphatic rings. The summed E-state index contributed by atoms with van der Waals surface area (Å²) in [5, 5.41) is 2.87. The molecule has 3 rings (SSSR count). The zero-order valence-corrected chi connectivity index (χ0v) is 18.7. The summed E-state index contributed by atoms with van der Waals surface area (Å²) in [4.78, 5) is 14.9. The molecule has 0 spiro atoms. The largest absolute Gasteiger partial charge is 0.495 e. The summed E-state index contributed by atoms with van der Waals surface area (Å²) < 4.78 is 39.1. The van der Waals surface area contributed by atoms with Crippen molar-refractivity contribution < 1.29 is 22.7 Å². The zero-order valence-electron chi connectivity index (χ0n) is 17.9. The van der Waals surface area contributed by atoms with E-state index in [1.807, 2.05) is 0 Å². The van der Waals surface area contributed by atoms with Gasteiger partial charge in [-0.15, -0.1) is 0 Å². The number of amides is 1. The van der Waals surface area contributed by atoms with Gasteiger partial charge in [0.1, 0.15) is 5.75 Å². The Balaban J connectivity index is 1.65. The van der Waals surface area contributed by atoms with Crippen molar-refractivity contribution in [1.82, 2.24) is 10.2 Å². The Bertz CT molecular complexity index is 1000. The molecule has 8 nitrogen and oxygen atoms in total. The lowest BCUT2D eigenvalue weighted by molar-refractivity contribution is 0.0374. The highest BCUT2D eigenvalue weighted by molar-refractivity contribution is 7.92. The van der Waals surface area contributed by atoms with Gasteiger partial charge in [-0.05, 0) is 49.7 Å². The zero-order chi connectivity index (χ0) is 22.3. The third-order valence-corrected chi connectivity index (χ3v) is 6.64. The maximum absolute atomic E-state index is 13.0. The number of hydrogen-bond acceptors (Lipinski definition) is 6. The first-order valence-corrected chi connectivity index (χ1v) is 11.7. The van der Waals surface area contributed by atoms with Crippen molar-refractivity contribution in [2.45, 2.75) is 18.2 Å². The Labute approximate surface area is 183 Å². The van der Waals surface area contributed by atoms with Gasteiger partial charge in [0.05, 0.1) is 30.9 Å². The van der Waals surface area contributed by atoms with E-state index in [9.17, 15) is 13.2 Å². The molecule has 9 heteroatoms. The van der Waals surface area contributed by atoms with Crippen LogP contribution in [0.2, 0.25) is 0 Å². The van der Waals surface area contributed by atoms with Gasteiger partial charge in [-0.25, -0.2) is 8.42 Å². The van der Waals surface area contributed by atoms with Gasteiger partial charge in [0, 0.05) is 25.2 Å². The number of morpholine rings is 1. The molecule has 0 saturated carbocycles. The van der Waals surface area contributed by atoms with E-state index in [1.165, 1.54) is 13.2 Å². The van der Waals surface area contributed by atoms with Gasteiger partial charge < -0.3 is 14.8 Å². The van der Waals surface area contributed by atoms with Crippen LogP contribution in [0.5, 0.6) is 5.75 Å². The summed E-state index contributed by atoms with van der Waals surface area (Å²) in [7, 11) is -2.43. The predicted octanol–water partition coefficient (Wildman–Crippen LogP) is 2.26. The molecule has 0 radical (unpaired) electrons. The molecule has 0 unspecified atom stereocenters. The van der Waals surface area contributed by atoms with Gasteiger partial charge in [0.25, 0.3) is 15.9 Å². The Morgan fingerprint density at radius 1 is 1.16 bits per heavy atom. The predicted molar refractivity (Wildman–Crippen MR) is 119 cm³/mol. The van der Waals surface area contributed by atoms with Crippen LogP contribution in [0.4, 0.5) is 5.69 Å². The van der Waals surface area contributed by atoms with E-state index in [-0.39, 0.29) is 10.8 Å². The van der Waals surface area contributed by atoms with E-state index in [2.05, 4.69) is 14.9 Å². The molecule has 0 atom stereocenters. The monoisotopic (exact) mass is 447 g/mol. The second kappa shape index (κ2) is 10.6. The fourth-order valence-electron chi connectivity index (χ4n) is 3.39. The van der Waals surface area contributed by atoms with Gasteiger partial charge >= 0.3 is 0 Å². The van der Waals surface area contributed by atoms with Gasteiger partial charge in [0.2, 0.25) is 0 Å². The SMILES string of the molecule is COc1ccccc1NS(=O)(=O)c1cc(C(=O)NCCCN2CCOCC2)ccc1C. The van der Waals surface area contributed by atoms with Crippen LogP contribution in [0.1, 0.15) is 22.3 Å². The summed E-state index contributed by atoms with van der Waals surface area (Å²) in [6.07, 6.45) is 0.818. The first-order valence-electron chi connectivity index (χ1n) is 10.3. The quantitative estimate of drug-likeness (QED) is 0.573. The molecule has 2 aromatic rings. The van der Waals surface area contributed by atoms with Crippen LogP contribution < -0.4 is 14.8 Å². The average molecular weight is 448 g/mol. The van der Waals surface area contributed by atoms with Crippen molar-refractivity contribution in [3.05, 3.63) is 53.6 Å². The Kier molecular flexibility index (Phi) is 7.89. The standard InChI is InChI=1S/C22H29N3O5S/c1-17-8-9-18(22(26)23-10-5-11-25-12-14-30-15-13-25)16-21(17)31(27,28)24-19-6-3-4-7-20(19)29-2/h3-4,6-9,16,24H,5,10-15H2,1-2H3,(H,23,26). The van der Waals surface area contributed by atoms with E-state index in [0.717, 1.165) is 39.3 Å². The molecule has 168 valence electrons. The summed E-state index contributed by atoms with van der Waals surface area (Å²) >= 11 is 0. The van der Waals surface area contributed by atoms with Crippen LogP contribution in [0.3, 0.4) is 0 Å². The number of ether oxygens (including phenoxy) is 2. The number of sulfonamides is 1. The molecule has 1 amide bonds. The molecule has 1 heterocycles. The Morgan fingerprint density at radius 3 is 2.65 bits per heavy atom. The summed E-state index contributed by atoms with van der Waals surface area (Å²) in [6.45, 7) is 6.41. The molecule has 0 aromatic heterocycles. The molecule has 1 fully saturated rings. The topological polar surface area (TPSA) is 97.0 Å². The van der Waals surface area contributed by atoms with Gasteiger partial charge in [-0.3, -0.25) is 14.4 Å². The van der Waals surface area contributed by atoms with Crippen LogP contribution >= 0.6 is 0 Å². The smallest absolute Gasteiger partial charge is 0.262 e. The summed E-state index contributed by atoms with van der Waals surface area (Å²) in [6, 6.07) is 11.4. The van der Waals surface area contributed by atoms with Crippen molar-refractivity contribution in [1.29, 1.82) is 0 Å². The molecular weight excluding hydrogens is 418 g/mol. The van der Waals surface area contributed by atoms with Crippen LogP contribution in [0.25, 0.3) is 0 Å². The number of aryl methyl sites for hydroxylation is 1. The molecule has 1 saturated heterocycles. The minimum atomic E-state index is -3.90. The highest BCUT2D eigenvalue weighted by Gasteiger charge is 2.21. The maximum Gasteiger partial charge on any atom is 0.262 e. The summed E-state index contributed by atoms with van der Waals surface area (Å²) in [5.41, 5.74) is 1.19. The number of hydrogen-bond donors (Lipinski definition) is 2. The Morgan fingerprint density at radius 2 is 1.90 bits per heavy atom. The minimum Gasteiger partial charge on any atom is -0.495 e. The number of benzene rings is 2. The molecule has 2 aromatic carbocycles. The number of rotatable bonds is 9. The number of carbonyl (C=O) groups excluding carboxylic acids is 1. The highest BCUT2D eigenvalue weighted by Crippen LogP contribution is 2.27. The van der Waals surface area contributed by atoms with Crippen molar-refractivity contribution in [3.8, 4) is 5.75 Å². The van der Waals surface area contributed by atoms with E-state index < -0.39 is 10.0 Å². The van der Waals surface area contributed by atoms with E-state index in [1.54, 1.807) is 43.3 Å². The van der Waals surface area contributed by atoms with Gasteiger partial charge in [-0.1, -0.05) is 18.2 Å². The fraction of sp³-hybridized carbons (Fsp3) is 0.409. The average Bonchev–Trinajstić information content (AvgIpc) is 2.77. The lowest BCUT2D eigenvalue weighted by Gasteiger charge is -2.26. The van der Waals surface area contributed by atoms with Gasteiger partial charge in [0.15, 0.2) is 0 Å². The molecule has 0 bridgehead atoms. The first kappa shape index (κ1) is 23.1. The van der Waals surface area contributed by atoms with E-state index >= 15 is 0 Å². The van der Waals surface area contributed by atoms with Crippen LogP contribution in [-0.2, 0) is 14.8 Å². The minimum absolute atomic E-state index is 0.0550. The van der Waals surface area contributed by atoms with Crippen molar-refractivity contribution in [2.75, 3.05) is 51.2 Å². The van der Waals surface area contributed by atoms with Crippen LogP contribution in [-0.4, -0.2) is 65.7 Å². The number of nitrogens with zero attached hydrogens (tertiary/aromatic N) is 1. The first-order chi connectivity index (χ1) is 14.9. The maximum atomic E-state index is 13.0. The second-order valence-electron chi connectivity index (χ2n) is 7.35. The number of nitrogens with one attached hydrogen (secondary N) is 2. The summed E-state index contributed by atoms with van der Waals surface area (Å²) in [5.74, 6) is 0.119. The van der Waals surface area contributed by atoms with E-state index in [0.29, 0.717) is 29.1 Å². The lowest BCUT2D eigenvalue weighted by atomic mass is 10.1. The number of methoxy groups -OCH3 is 1. The highest BCUT2D eigenvalue weighted by atomic mass is 32.2. The molecular formula is C22H29N3O5S. The normalized spacial score (nSPS) is 14.8. The van der Waals surface area contributed by atoms with Gasteiger partial charge in [-0.2, -0.15) is 0 Å². The lowest BCUT2D eigenvalue weighted by Crippen LogP contribution is -2.38. The molecule has 31 heavy (non-hydrogen) atoms. The Hall–Kier alpha value is -2.62. The second-order valence-corrected chi connectivity index (χ2v) is 9.00. The third kappa shape index (κ3) is 6.19. The molecule has 2 N–H and O–H groups in total. The number of para-hydroxylation sites is 2. The number of anilines is 1. The van der Waals surface area contributed by atoms with Crippen LogP contribution in [0.15, 0.2) is 47.4 Å².